The maximum Gasteiger partial charge on any atom is 0.213 e. The Hall–Kier alpha value is -3.88. The zero-order valence-electron chi connectivity index (χ0n) is 17.9. The number of benzene rings is 1. The van der Waals surface area contributed by atoms with Gasteiger partial charge in [0, 0.05) is 44.3 Å². The fourth-order valence-electron chi connectivity index (χ4n) is 3.89. The number of hydrogen-bond acceptors (Lipinski definition) is 7. The first-order chi connectivity index (χ1) is 16.1. The number of halogens is 2. The van der Waals surface area contributed by atoms with Crippen molar-refractivity contribution in [3.63, 3.8) is 0 Å². The van der Waals surface area contributed by atoms with Crippen LogP contribution in [0.3, 0.4) is 0 Å². The minimum Gasteiger partial charge on any atom is -0.487 e. The van der Waals surface area contributed by atoms with Gasteiger partial charge in [0.05, 0.1) is 24.5 Å². The molecule has 9 heteroatoms. The van der Waals surface area contributed by atoms with Crippen LogP contribution in [-0.4, -0.2) is 46.2 Å². The van der Waals surface area contributed by atoms with Crippen molar-refractivity contribution < 1.29 is 18.3 Å². The molecule has 5 rings (SSSR count). The van der Waals surface area contributed by atoms with Crippen LogP contribution in [-0.2, 0) is 0 Å². The van der Waals surface area contributed by atoms with E-state index >= 15 is 0 Å². The molecular formula is C24H21F2N5O2. The summed E-state index contributed by atoms with van der Waals surface area (Å²) in [6.45, 7) is 1.27. The number of hydrogen-bond donors (Lipinski definition) is 0. The molecule has 1 aliphatic rings. The number of piperidine rings is 1. The van der Waals surface area contributed by atoms with Crippen molar-refractivity contribution in [3.05, 3.63) is 66.5 Å². The summed E-state index contributed by atoms with van der Waals surface area (Å²) in [5.74, 6) is -0.0637. The normalized spacial score (nSPS) is 14.5. The van der Waals surface area contributed by atoms with Crippen molar-refractivity contribution in [1.29, 1.82) is 0 Å². The van der Waals surface area contributed by atoms with Gasteiger partial charge >= 0.3 is 0 Å². The Labute approximate surface area is 189 Å². The van der Waals surface area contributed by atoms with Crippen LogP contribution >= 0.6 is 0 Å². The lowest BCUT2D eigenvalue weighted by Crippen LogP contribution is -2.39. The van der Waals surface area contributed by atoms with Gasteiger partial charge in [-0.05, 0) is 24.3 Å². The third-order valence-corrected chi connectivity index (χ3v) is 5.55. The third kappa shape index (κ3) is 4.39. The van der Waals surface area contributed by atoms with Gasteiger partial charge in [0.25, 0.3) is 0 Å². The molecule has 33 heavy (non-hydrogen) atoms. The number of aromatic nitrogens is 4. The second-order valence-corrected chi connectivity index (χ2v) is 7.70. The van der Waals surface area contributed by atoms with Gasteiger partial charge < -0.3 is 14.4 Å². The van der Waals surface area contributed by atoms with Crippen molar-refractivity contribution in [2.24, 2.45) is 0 Å². The largest absolute Gasteiger partial charge is 0.487 e. The van der Waals surface area contributed by atoms with Crippen LogP contribution in [0.15, 0.2) is 54.9 Å². The van der Waals surface area contributed by atoms with Crippen molar-refractivity contribution in [3.8, 4) is 23.0 Å². The molecule has 0 N–H and O–H groups in total. The second-order valence-electron chi connectivity index (χ2n) is 7.70. The highest BCUT2D eigenvalue weighted by atomic mass is 19.1. The molecule has 1 fully saturated rings. The summed E-state index contributed by atoms with van der Waals surface area (Å²) in [6.07, 6.45) is 4.47. The third-order valence-electron chi connectivity index (χ3n) is 5.55. The Bertz CT molecular complexity index is 1300. The second kappa shape index (κ2) is 8.93. The minimum absolute atomic E-state index is 0.0640. The molecule has 0 saturated carbocycles. The van der Waals surface area contributed by atoms with Crippen LogP contribution in [0, 0.1) is 11.6 Å². The average Bonchev–Trinajstić information content (AvgIpc) is 2.85. The summed E-state index contributed by atoms with van der Waals surface area (Å²) in [7, 11) is 1.57. The van der Waals surface area contributed by atoms with E-state index in [2.05, 4.69) is 14.9 Å². The first-order valence-corrected chi connectivity index (χ1v) is 10.6. The number of nitrogens with zero attached hydrogens (tertiary/aromatic N) is 5. The number of pyridine rings is 2. The molecule has 4 heterocycles. The van der Waals surface area contributed by atoms with Crippen LogP contribution < -0.4 is 14.4 Å². The molecule has 0 radical (unpaired) electrons. The van der Waals surface area contributed by atoms with E-state index in [4.69, 9.17) is 19.4 Å². The Kier molecular flexibility index (Phi) is 5.68. The molecule has 0 atom stereocenters. The van der Waals surface area contributed by atoms with Gasteiger partial charge in [-0.1, -0.05) is 6.07 Å². The molecule has 0 amide bonds. The maximum atomic E-state index is 14.0. The van der Waals surface area contributed by atoms with Crippen LogP contribution in [0.5, 0.6) is 11.6 Å². The predicted octanol–water partition coefficient (Wildman–Crippen LogP) is 4.42. The Morgan fingerprint density at radius 3 is 2.61 bits per heavy atom. The van der Waals surface area contributed by atoms with E-state index in [0.29, 0.717) is 54.5 Å². The first kappa shape index (κ1) is 21.0. The molecule has 0 spiro atoms. The maximum absolute atomic E-state index is 14.0. The SMILES string of the molecule is COc1cccc(-c2nc3cnccc3nc2N2CCC(Oc3ccc(F)cc3F)CC2)n1. The fraction of sp³-hybridized carbons (Fsp3) is 0.250. The Morgan fingerprint density at radius 2 is 1.82 bits per heavy atom. The van der Waals surface area contributed by atoms with Gasteiger partial charge in [0.15, 0.2) is 17.4 Å². The summed E-state index contributed by atoms with van der Waals surface area (Å²) >= 11 is 0. The van der Waals surface area contributed by atoms with E-state index in [-0.39, 0.29) is 11.9 Å². The van der Waals surface area contributed by atoms with Crippen LogP contribution in [0.2, 0.25) is 0 Å². The van der Waals surface area contributed by atoms with Crippen molar-refractivity contribution >= 4 is 16.9 Å². The Balaban J connectivity index is 1.42. The number of rotatable bonds is 5. The van der Waals surface area contributed by atoms with Gasteiger partial charge in [-0.15, -0.1) is 0 Å². The highest BCUT2D eigenvalue weighted by Crippen LogP contribution is 2.32. The predicted molar refractivity (Wildman–Crippen MR) is 119 cm³/mol. The molecule has 168 valence electrons. The highest BCUT2D eigenvalue weighted by molar-refractivity contribution is 5.82. The first-order valence-electron chi connectivity index (χ1n) is 10.6. The zero-order valence-corrected chi connectivity index (χ0v) is 17.9. The molecule has 4 aromatic rings. The quantitative estimate of drug-likeness (QED) is 0.447. The molecule has 3 aromatic heterocycles. The van der Waals surface area contributed by atoms with Gasteiger partial charge in [0.2, 0.25) is 5.88 Å². The van der Waals surface area contributed by atoms with Crippen molar-refractivity contribution in [2.75, 3.05) is 25.1 Å². The number of ether oxygens (including phenoxy) is 2. The Morgan fingerprint density at radius 1 is 0.970 bits per heavy atom. The molecule has 1 saturated heterocycles. The van der Waals surface area contributed by atoms with E-state index in [1.807, 2.05) is 18.2 Å². The summed E-state index contributed by atoms with van der Waals surface area (Å²) in [5, 5.41) is 0. The molecule has 1 aliphatic heterocycles. The molecule has 7 nitrogen and oxygen atoms in total. The number of anilines is 1. The van der Waals surface area contributed by atoms with Gasteiger partial charge in [-0.2, -0.15) is 0 Å². The molecule has 0 bridgehead atoms. The summed E-state index contributed by atoms with van der Waals surface area (Å²) in [6, 6.07) is 10.7. The molecule has 1 aromatic carbocycles. The van der Waals surface area contributed by atoms with E-state index in [1.54, 1.807) is 25.6 Å². The van der Waals surface area contributed by atoms with Crippen LogP contribution in [0.4, 0.5) is 14.6 Å². The molecule has 0 unspecified atom stereocenters. The fourth-order valence-corrected chi connectivity index (χ4v) is 3.89. The average molecular weight is 449 g/mol. The number of fused-ring (bicyclic) bond motifs is 1. The smallest absolute Gasteiger partial charge is 0.213 e. The van der Waals surface area contributed by atoms with Gasteiger partial charge in [0.1, 0.15) is 23.1 Å². The highest BCUT2D eigenvalue weighted by Gasteiger charge is 2.26. The monoisotopic (exact) mass is 449 g/mol. The molecule has 0 aliphatic carbocycles. The minimum atomic E-state index is -0.696. The van der Waals surface area contributed by atoms with E-state index in [1.165, 1.54) is 12.1 Å². The lowest BCUT2D eigenvalue weighted by Gasteiger charge is -2.33. The van der Waals surface area contributed by atoms with E-state index in [9.17, 15) is 8.78 Å². The summed E-state index contributed by atoms with van der Waals surface area (Å²) in [5.41, 5.74) is 2.69. The van der Waals surface area contributed by atoms with Crippen LogP contribution in [0.1, 0.15) is 12.8 Å². The van der Waals surface area contributed by atoms with E-state index in [0.717, 1.165) is 11.6 Å². The van der Waals surface area contributed by atoms with Crippen molar-refractivity contribution in [1.82, 2.24) is 19.9 Å². The molecular weight excluding hydrogens is 428 g/mol. The van der Waals surface area contributed by atoms with E-state index < -0.39 is 11.6 Å². The standard InChI is InChI=1S/C24H21F2N5O2/c1-32-22-4-2-3-19(28-22)23-24(30-18-7-10-27-14-20(18)29-23)31-11-8-16(9-12-31)33-21-6-5-15(25)13-17(21)26/h2-7,10,13-14,16H,8-9,11-12H2,1H3. The van der Waals surface area contributed by atoms with Gasteiger partial charge in [-0.3, -0.25) is 4.98 Å². The zero-order chi connectivity index (χ0) is 22.8. The van der Waals surface area contributed by atoms with Gasteiger partial charge in [-0.25, -0.2) is 23.7 Å². The van der Waals surface area contributed by atoms with Crippen LogP contribution in [0.25, 0.3) is 22.4 Å². The van der Waals surface area contributed by atoms with Crippen molar-refractivity contribution in [2.45, 2.75) is 18.9 Å². The lowest BCUT2D eigenvalue weighted by atomic mass is 10.1. The summed E-state index contributed by atoms with van der Waals surface area (Å²) < 4.78 is 38.2. The topological polar surface area (TPSA) is 73.3 Å². The number of methoxy groups -OCH3 is 1. The lowest BCUT2D eigenvalue weighted by molar-refractivity contribution is 0.163. The summed E-state index contributed by atoms with van der Waals surface area (Å²) in [4.78, 5) is 20.5.